The molecule has 1 saturated heterocycles. The summed E-state index contributed by atoms with van der Waals surface area (Å²) >= 11 is 1.46. The van der Waals surface area contributed by atoms with Crippen molar-refractivity contribution in [2.45, 2.75) is 13.8 Å². The third-order valence-corrected chi connectivity index (χ3v) is 5.06. The highest BCUT2D eigenvalue weighted by Gasteiger charge is 2.25. The first kappa shape index (κ1) is 18.4. The molecule has 0 aromatic carbocycles. The van der Waals surface area contributed by atoms with Gasteiger partial charge in [0.05, 0.1) is 23.4 Å². The van der Waals surface area contributed by atoms with E-state index < -0.39 is 0 Å². The first-order valence-corrected chi connectivity index (χ1v) is 9.15. The summed E-state index contributed by atoms with van der Waals surface area (Å²) in [5.41, 5.74) is 0. The van der Waals surface area contributed by atoms with E-state index in [1.165, 1.54) is 11.3 Å². The Labute approximate surface area is 147 Å². The van der Waals surface area contributed by atoms with E-state index in [1.807, 2.05) is 36.3 Å². The molecule has 0 N–H and O–H groups in total. The topological polar surface area (TPSA) is 67.7 Å². The van der Waals surface area contributed by atoms with Crippen molar-refractivity contribution >= 4 is 23.2 Å². The Balaban J connectivity index is 1.81. The highest BCUT2D eigenvalue weighted by Crippen LogP contribution is 2.14. The lowest BCUT2D eigenvalue weighted by atomic mass is 10.2. The average Bonchev–Trinajstić information content (AvgIpc) is 3.13. The molecule has 2 amide bonds. The van der Waals surface area contributed by atoms with E-state index in [9.17, 15) is 9.59 Å². The van der Waals surface area contributed by atoms with E-state index in [2.05, 4.69) is 11.0 Å². The van der Waals surface area contributed by atoms with Crippen LogP contribution in [0.1, 0.15) is 23.5 Å². The Morgan fingerprint density at radius 1 is 1.38 bits per heavy atom. The molecule has 0 radical (unpaired) electrons. The van der Waals surface area contributed by atoms with Gasteiger partial charge in [-0.1, -0.05) is 6.07 Å². The second-order valence-electron chi connectivity index (χ2n) is 6.01. The predicted octanol–water partition coefficient (Wildman–Crippen LogP) is 1.51. The first-order valence-electron chi connectivity index (χ1n) is 8.27. The van der Waals surface area contributed by atoms with Gasteiger partial charge in [-0.3, -0.25) is 14.5 Å². The monoisotopic (exact) mass is 348 g/mol. The fourth-order valence-electron chi connectivity index (χ4n) is 2.74. The van der Waals surface area contributed by atoms with Crippen LogP contribution >= 0.6 is 11.3 Å². The fraction of sp³-hybridized carbons (Fsp3) is 0.588. The Bertz CT molecular complexity index is 588. The molecule has 1 fully saturated rings. The molecule has 1 aromatic rings. The van der Waals surface area contributed by atoms with Gasteiger partial charge in [0.25, 0.3) is 5.91 Å². The van der Waals surface area contributed by atoms with E-state index in [0.29, 0.717) is 45.8 Å². The van der Waals surface area contributed by atoms with Crippen molar-refractivity contribution in [2.75, 3.05) is 45.8 Å². The summed E-state index contributed by atoms with van der Waals surface area (Å²) in [4.78, 5) is 31.1. The maximum absolute atomic E-state index is 12.4. The van der Waals surface area contributed by atoms with Gasteiger partial charge in [0, 0.05) is 39.3 Å². The molecule has 6 nitrogen and oxygen atoms in total. The number of hydrogen-bond acceptors (Lipinski definition) is 5. The minimum absolute atomic E-state index is 0.0534. The molecule has 0 saturated carbocycles. The first-order chi connectivity index (χ1) is 11.5. The van der Waals surface area contributed by atoms with Crippen molar-refractivity contribution in [3.8, 4) is 6.07 Å². The molecule has 130 valence electrons. The Morgan fingerprint density at radius 3 is 2.62 bits per heavy atom. The van der Waals surface area contributed by atoms with E-state index in [4.69, 9.17) is 5.26 Å². The van der Waals surface area contributed by atoms with Crippen LogP contribution in [-0.4, -0.2) is 72.3 Å². The van der Waals surface area contributed by atoms with Gasteiger partial charge in [0.2, 0.25) is 5.91 Å². The van der Waals surface area contributed by atoms with Crippen molar-refractivity contribution in [2.24, 2.45) is 5.92 Å². The fourth-order valence-corrected chi connectivity index (χ4v) is 3.43. The van der Waals surface area contributed by atoms with Gasteiger partial charge in [-0.2, -0.15) is 5.26 Å². The van der Waals surface area contributed by atoms with Crippen LogP contribution in [0.5, 0.6) is 0 Å². The average molecular weight is 348 g/mol. The summed E-state index contributed by atoms with van der Waals surface area (Å²) in [7, 11) is 0. The van der Waals surface area contributed by atoms with E-state index >= 15 is 0 Å². The maximum Gasteiger partial charge on any atom is 0.264 e. The molecule has 1 aliphatic rings. The number of piperazine rings is 1. The molecular weight excluding hydrogens is 324 g/mol. The normalized spacial score (nSPS) is 16.5. The standard InChI is InChI=1S/C17H24N4O2S/c1-3-20(12-14(2)11-18)16(22)13-19-6-8-21(9-7-19)17(23)15-5-4-10-24-15/h4-5,10,14H,3,6-9,12-13H2,1-2H3. The Kier molecular flexibility index (Phi) is 6.76. The molecule has 0 bridgehead atoms. The molecular formula is C17H24N4O2S. The third-order valence-electron chi connectivity index (χ3n) is 4.20. The largest absolute Gasteiger partial charge is 0.341 e. The number of nitriles is 1. The van der Waals surface area contributed by atoms with Crippen LogP contribution in [-0.2, 0) is 4.79 Å². The van der Waals surface area contributed by atoms with E-state index in [-0.39, 0.29) is 17.7 Å². The molecule has 7 heteroatoms. The van der Waals surface area contributed by atoms with Crippen molar-refractivity contribution in [3.63, 3.8) is 0 Å². The van der Waals surface area contributed by atoms with Crippen LogP contribution in [0.3, 0.4) is 0 Å². The molecule has 1 aliphatic heterocycles. The highest BCUT2D eigenvalue weighted by molar-refractivity contribution is 7.12. The summed E-state index contributed by atoms with van der Waals surface area (Å²) in [6.45, 7) is 7.89. The number of hydrogen-bond donors (Lipinski definition) is 0. The number of likely N-dealkylation sites (N-methyl/N-ethyl adjacent to an activating group) is 1. The summed E-state index contributed by atoms with van der Waals surface area (Å²) in [5, 5.41) is 10.8. The highest BCUT2D eigenvalue weighted by atomic mass is 32.1. The van der Waals surface area contributed by atoms with Crippen LogP contribution in [0.15, 0.2) is 17.5 Å². The van der Waals surface area contributed by atoms with Gasteiger partial charge in [-0.25, -0.2) is 0 Å². The van der Waals surface area contributed by atoms with Crippen LogP contribution in [0.4, 0.5) is 0 Å². The third kappa shape index (κ3) is 4.79. The maximum atomic E-state index is 12.4. The lowest BCUT2D eigenvalue weighted by Crippen LogP contribution is -2.51. The van der Waals surface area contributed by atoms with Crippen molar-refractivity contribution in [1.29, 1.82) is 5.26 Å². The molecule has 1 aromatic heterocycles. The van der Waals surface area contributed by atoms with Crippen LogP contribution in [0, 0.1) is 17.2 Å². The SMILES string of the molecule is CCN(CC(C)C#N)C(=O)CN1CCN(C(=O)c2cccs2)CC1. The van der Waals surface area contributed by atoms with Crippen LogP contribution < -0.4 is 0 Å². The second-order valence-corrected chi connectivity index (χ2v) is 6.96. The van der Waals surface area contributed by atoms with Crippen molar-refractivity contribution in [1.82, 2.24) is 14.7 Å². The quantitative estimate of drug-likeness (QED) is 0.782. The Hall–Kier alpha value is -1.91. The smallest absolute Gasteiger partial charge is 0.264 e. The zero-order valence-electron chi connectivity index (χ0n) is 14.3. The van der Waals surface area contributed by atoms with Gasteiger partial charge in [-0.05, 0) is 25.3 Å². The van der Waals surface area contributed by atoms with Crippen LogP contribution in [0.2, 0.25) is 0 Å². The zero-order valence-corrected chi connectivity index (χ0v) is 15.1. The van der Waals surface area contributed by atoms with Gasteiger partial charge >= 0.3 is 0 Å². The number of nitrogens with zero attached hydrogens (tertiary/aromatic N) is 4. The molecule has 0 aliphatic carbocycles. The number of thiophene rings is 1. The molecule has 2 rings (SSSR count). The predicted molar refractivity (Wildman–Crippen MR) is 93.7 cm³/mol. The van der Waals surface area contributed by atoms with Crippen molar-refractivity contribution < 1.29 is 9.59 Å². The summed E-state index contributed by atoms with van der Waals surface area (Å²) in [6.07, 6.45) is 0. The lowest BCUT2D eigenvalue weighted by Gasteiger charge is -2.35. The van der Waals surface area contributed by atoms with Crippen LogP contribution in [0.25, 0.3) is 0 Å². The number of rotatable bonds is 6. The molecule has 1 unspecified atom stereocenters. The van der Waals surface area contributed by atoms with Crippen molar-refractivity contribution in [3.05, 3.63) is 22.4 Å². The lowest BCUT2D eigenvalue weighted by molar-refractivity contribution is -0.132. The zero-order chi connectivity index (χ0) is 17.5. The van der Waals surface area contributed by atoms with Gasteiger partial charge in [0.1, 0.15) is 0 Å². The van der Waals surface area contributed by atoms with Gasteiger partial charge in [0.15, 0.2) is 0 Å². The summed E-state index contributed by atoms with van der Waals surface area (Å²) in [6, 6.07) is 5.90. The number of carbonyl (C=O) groups is 2. The molecule has 24 heavy (non-hydrogen) atoms. The number of carbonyl (C=O) groups excluding carboxylic acids is 2. The Morgan fingerprint density at radius 2 is 2.08 bits per heavy atom. The van der Waals surface area contributed by atoms with Gasteiger partial charge < -0.3 is 9.80 Å². The number of amides is 2. The minimum atomic E-state index is -0.158. The molecule has 2 heterocycles. The second kappa shape index (κ2) is 8.81. The summed E-state index contributed by atoms with van der Waals surface area (Å²) < 4.78 is 0. The summed E-state index contributed by atoms with van der Waals surface area (Å²) in [5.74, 6) is -0.0270. The molecule has 0 spiro atoms. The minimum Gasteiger partial charge on any atom is -0.341 e. The van der Waals surface area contributed by atoms with E-state index in [1.54, 1.807) is 4.90 Å². The van der Waals surface area contributed by atoms with E-state index in [0.717, 1.165) is 4.88 Å². The molecule has 1 atom stereocenters. The van der Waals surface area contributed by atoms with Gasteiger partial charge in [-0.15, -0.1) is 11.3 Å².